The molecule has 1 unspecified atom stereocenters. The van der Waals surface area contributed by atoms with Gasteiger partial charge in [0.15, 0.2) is 0 Å². The van der Waals surface area contributed by atoms with E-state index in [-0.39, 0.29) is 0 Å². The summed E-state index contributed by atoms with van der Waals surface area (Å²) in [6.07, 6.45) is 1.19. The summed E-state index contributed by atoms with van der Waals surface area (Å²) in [6.45, 7) is 9.30. The van der Waals surface area contributed by atoms with Crippen molar-refractivity contribution in [3.05, 3.63) is 30.3 Å². The van der Waals surface area contributed by atoms with Gasteiger partial charge in [-0.1, -0.05) is 25.1 Å². The molecular weight excluding hydrogens is 264 g/mol. The van der Waals surface area contributed by atoms with E-state index in [1.165, 1.54) is 6.42 Å². The number of para-hydroxylation sites is 1. The topological polar surface area (TPSA) is 24.9 Å². The Morgan fingerprint density at radius 3 is 2.62 bits per heavy atom. The minimum atomic E-state index is 0.644. The smallest absolute Gasteiger partial charge is 0.119 e. The Bertz CT molecular complexity index is 386. The van der Waals surface area contributed by atoms with E-state index in [1.54, 1.807) is 7.11 Å². The van der Waals surface area contributed by atoms with Gasteiger partial charge in [0.1, 0.15) is 12.4 Å². The van der Waals surface area contributed by atoms with Crippen molar-refractivity contribution in [1.82, 2.24) is 9.80 Å². The van der Waals surface area contributed by atoms with Crippen LogP contribution in [-0.2, 0) is 4.74 Å². The van der Waals surface area contributed by atoms with E-state index in [9.17, 15) is 0 Å². The lowest BCUT2D eigenvalue weighted by Crippen LogP contribution is -2.54. The van der Waals surface area contributed by atoms with Gasteiger partial charge >= 0.3 is 0 Å². The largest absolute Gasteiger partial charge is 0.492 e. The van der Waals surface area contributed by atoms with Gasteiger partial charge < -0.3 is 9.47 Å². The molecule has 1 aliphatic rings. The summed E-state index contributed by atoms with van der Waals surface area (Å²) in [5, 5.41) is 0. The van der Waals surface area contributed by atoms with Gasteiger partial charge in [0.25, 0.3) is 0 Å². The number of methoxy groups -OCH3 is 1. The zero-order valence-corrected chi connectivity index (χ0v) is 13.3. The summed E-state index contributed by atoms with van der Waals surface area (Å²) in [5.41, 5.74) is 0. The molecule has 0 bridgehead atoms. The van der Waals surface area contributed by atoms with Crippen molar-refractivity contribution in [2.75, 3.05) is 53.0 Å². The fraction of sp³-hybridized carbons (Fsp3) is 0.647. The van der Waals surface area contributed by atoms with E-state index < -0.39 is 0 Å². The summed E-state index contributed by atoms with van der Waals surface area (Å²) in [7, 11) is 1.78. The number of nitrogens with zero attached hydrogens (tertiary/aromatic N) is 2. The van der Waals surface area contributed by atoms with Crippen molar-refractivity contribution < 1.29 is 9.47 Å². The molecule has 0 amide bonds. The maximum absolute atomic E-state index is 5.79. The van der Waals surface area contributed by atoms with Crippen LogP contribution in [-0.4, -0.2) is 68.9 Å². The number of ether oxygens (including phenoxy) is 2. The van der Waals surface area contributed by atoms with E-state index in [1.807, 2.05) is 30.3 Å². The third kappa shape index (κ3) is 5.30. The molecule has 0 saturated carbocycles. The van der Waals surface area contributed by atoms with Crippen molar-refractivity contribution in [1.29, 1.82) is 0 Å². The fourth-order valence-electron chi connectivity index (χ4n) is 2.86. The van der Waals surface area contributed by atoms with E-state index in [0.717, 1.165) is 51.7 Å². The number of hydrogen-bond donors (Lipinski definition) is 0. The molecule has 21 heavy (non-hydrogen) atoms. The predicted octanol–water partition coefficient (Wildman–Crippen LogP) is 2.11. The van der Waals surface area contributed by atoms with Crippen LogP contribution in [0.25, 0.3) is 0 Å². The van der Waals surface area contributed by atoms with Crippen molar-refractivity contribution in [2.45, 2.75) is 19.4 Å². The number of hydrogen-bond acceptors (Lipinski definition) is 4. The molecule has 1 heterocycles. The highest BCUT2D eigenvalue weighted by molar-refractivity contribution is 5.20. The molecule has 4 nitrogen and oxygen atoms in total. The predicted molar refractivity (Wildman–Crippen MR) is 85.9 cm³/mol. The van der Waals surface area contributed by atoms with Crippen LogP contribution in [0.15, 0.2) is 30.3 Å². The maximum atomic E-state index is 5.79. The average molecular weight is 292 g/mol. The summed E-state index contributed by atoms with van der Waals surface area (Å²) >= 11 is 0. The summed E-state index contributed by atoms with van der Waals surface area (Å²) in [5.74, 6) is 0.961. The second-order valence-electron chi connectivity index (χ2n) is 5.55. The molecule has 1 aromatic rings. The SMILES string of the molecule is CCC1CN(CCOc2ccccc2)CCN1CCOC. The third-order valence-corrected chi connectivity index (χ3v) is 4.16. The third-order valence-electron chi connectivity index (χ3n) is 4.16. The number of benzene rings is 1. The zero-order chi connectivity index (χ0) is 14.9. The van der Waals surface area contributed by atoms with Crippen LogP contribution in [0.4, 0.5) is 0 Å². The van der Waals surface area contributed by atoms with Gasteiger partial charge in [-0.05, 0) is 18.6 Å². The molecule has 4 heteroatoms. The monoisotopic (exact) mass is 292 g/mol. The summed E-state index contributed by atoms with van der Waals surface area (Å²) in [6, 6.07) is 10.7. The highest BCUT2D eigenvalue weighted by atomic mass is 16.5. The van der Waals surface area contributed by atoms with Gasteiger partial charge in [-0.2, -0.15) is 0 Å². The Morgan fingerprint density at radius 1 is 1.10 bits per heavy atom. The molecule has 118 valence electrons. The van der Waals surface area contributed by atoms with Gasteiger partial charge in [0.2, 0.25) is 0 Å². The van der Waals surface area contributed by atoms with E-state index in [0.29, 0.717) is 6.04 Å². The second-order valence-corrected chi connectivity index (χ2v) is 5.55. The lowest BCUT2D eigenvalue weighted by molar-refractivity contribution is 0.0444. The standard InChI is InChI=1S/C17H28N2O2/c1-3-16-15-18(9-10-19(16)12-13-20-2)11-14-21-17-7-5-4-6-8-17/h4-8,16H,3,9-15H2,1-2H3. The molecule has 1 fully saturated rings. The molecule has 0 N–H and O–H groups in total. The minimum Gasteiger partial charge on any atom is -0.492 e. The molecule has 0 aromatic heterocycles. The molecule has 0 spiro atoms. The normalized spacial score (nSPS) is 20.6. The lowest BCUT2D eigenvalue weighted by atomic mass is 10.1. The highest BCUT2D eigenvalue weighted by Crippen LogP contribution is 2.13. The van der Waals surface area contributed by atoms with Crippen molar-refractivity contribution in [3.63, 3.8) is 0 Å². The number of rotatable bonds is 8. The Morgan fingerprint density at radius 2 is 1.90 bits per heavy atom. The Labute approximate surface area is 128 Å². The van der Waals surface area contributed by atoms with Crippen LogP contribution in [0.5, 0.6) is 5.75 Å². The minimum absolute atomic E-state index is 0.644. The highest BCUT2D eigenvalue weighted by Gasteiger charge is 2.24. The van der Waals surface area contributed by atoms with E-state index in [2.05, 4.69) is 16.7 Å². The van der Waals surface area contributed by atoms with Crippen molar-refractivity contribution >= 4 is 0 Å². The van der Waals surface area contributed by atoms with E-state index in [4.69, 9.17) is 9.47 Å². The first kappa shape index (κ1) is 16.3. The van der Waals surface area contributed by atoms with Gasteiger partial charge in [-0.3, -0.25) is 9.80 Å². The van der Waals surface area contributed by atoms with Gasteiger partial charge in [-0.25, -0.2) is 0 Å². The lowest BCUT2D eigenvalue weighted by Gasteiger charge is -2.41. The first-order valence-electron chi connectivity index (χ1n) is 7.96. The van der Waals surface area contributed by atoms with E-state index >= 15 is 0 Å². The first-order chi connectivity index (χ1) is 10.3. The number of piperazine rings is 1. The van der Waals surface area contributed by atoms with Crippen LogP contribution in [0.1, 0.15) is 13.3 Å². The van der Waals surface area contributed by atoms with Crippen LogP contribution >= 0.6 is 0 Å². The Kier molecular flexibility index (Phi) is 7.00. The van der Waals surface area contributed by atoms with Crippen LogP contribution < -0.4 is 4.74 Å². The maximum Gasteiger partial charge on any atom is 0.119 e. The van der Waals surface area contributed by atoms with Gasteiger partial charge in [0, 0.05) is 45.9 Å². The Hall–Kier alpha value is -1.10. The Balaban J connectivity index is 1.70. The quantitative estimate of drug-likeness (QED) is 0.732. The fourth-order valence-corrected chi connectivity index (χ4v) is 2.86. The zero-order valence-electron chi connectivity index (χ0n) is 13.3. The molecule has 1 aromatic carbocycles. The molecular formula is C17H28N2O2. The first-order valence-corrected chi connectivity index (χ1v) is 7.96. The van der Waals surface area contributed by atoms with Gasteiger partial charge in [-0.15, -0.1) is 0 Å². The molecule has 0 radical (unpaired) electrons. The second kappa shape index (κ2) is 9.03. The van der Waals surface area contributed by atoms with Crippen LogP contribution in [0.3, 0.4) is 0 Å². The van der Waals surface area contributed by atoms with Crippen LogP contribution in [0, 0.1) is 0 Å². The van der Waals surface area contributed by atoms with Crippen LogP contribution in [0.2, 0.25) is 0 Å². The summed E-state index contributed by atoms with van der Waals surface area (Å²) in [4.78, 5) is 5.07. The van der Waals surface area contributed by atoms with Gasteiger partial charge in [0.05, 0.1) is 6.61 Å². The average Bonchev–Trinajstić information content (AvgIpc) is 2.54. The molecule has 1 saturated heterocycles. The van der Waals surface area contributed by atoms with Crippen molar-refractivity contribution in [3.8, 4) is 5.75 Å². The molecule has 0 aliphatic carbocycles. The summed E-state index contributed by atoms with van der Waals surface area (Å²) < 4.78 is 11.0. The molecule has 2 rings (SSSR count). The molecule has 1 aliphatic heterocycles. The van der Waals surface area contributed by atoms with Crippen molar-refractivity contribution in [2.24, 2.45) is 0 Å². The molecule has 1 atom stereocenters.